The Morgan fingerprint density at radius 3 is 0.904 bits per heavy atom. The first-order valence-corrected chi connectivity index (χ1v) is 25.0. The Bertz CT molecular complexity index is 3660. The van der Waals surface area contributed by atoms with E-state index in [-0.39, 0.29) is 0 Å². The minimum absolute atomic E-state index is 0.743. The Balaban J connectivity index is 0.990. The minimum Gasteiger partial charge on any atom is -0.311 e. The number of benzene rings is 11. The van der Waals surface area contributed by atoms with E-state index in [2.05, 4.69) is 289 Å². The van der Waals surface area contributed by atoms with Crippen molar-refractivity contribution >= 4 is 45.2 Å². The average molecular weight is 931 g/mol. The summed E-state index contributed by atoms with van der Waals surface area (Å²) < 4.78 is 0. The highest BCUT2D eigenvalue weighted by atomic mass is 15.1. The number of hydrogen-bond acceptors (Lipinski definition) is 4. The van der Waals surface area contributed by atoms with Crippen molar-refractivity contribution in [3.8, 4) is 55.9 Å². The second kappa shape index (κ2) is 17.3. The van der Waals surface area contributed by atoms with E-state index in [1.807, 2.05) is 0 Å². The number of aromatic nitrogens is 2. The SMILES string of the molecule is c1ccc(N(c2ccccc2)c2ccc(-c3ccc4c(c3)C3(c5ccccc5-c5ccccc53)c3cc(-c5ccc(N(c6ccccc6)c6ccccc6)cc5)ccc3-c3nc5ccccc5nc3-4)cc2)cc1. The molecule has 0 radical (unpaired) electrons. The zero-order chi connectivity index (χ0) is 48.3. The first-order chi connectivity index (χ1) is 36.2. The molecule has 0 unspecified atom stereocenters. The molecule has 4 heteroatoms. The number of anilines is 6. The van der Waals surface area contributed by atoms with Crippen molar-refractivity contribution in [2.24, 2.45) is 0 Å². The standard InChI is InChI=1S/C69H46N4/c1-5-19-51(20-6-1)72(52-21-7-2-8-22-52)55-39-33-47(34-40-55)49-37-43-59-63(45-49)69(61-29-15-13-27-57(61)58-28-14-16-30-62(58)69)64-46-50(38-44-60(64)68-67(59)70-65-31-17-18-32-66(65)71-68)48-35-41-56(42-36-48)73(53-23-9-3-10-24-53)54-25-11-4-12-26-54/h1-46H. The first-order valence-electron chi connectivity index (χ1n) is 25.0. The lowest BCUT2D eigenvalue weighted by molar-refractivity contribution is 0.775. The number of fused-ring (bicyclic) bond motifs is 13. The molecule has 2 aliphatic carbocycles. The van der Waals surface area contributed by atoms with Crippen LogP contribution >= 0.6 is 0 Å². The third kappa shape index (κ3) is 6.91. The molecule has 11 aromatic carbocycles. The van der Waals surface area contributed by atoms with Gasteiger partial charge in [-0.05, 0) is 153 Å². The summed E-state index contributed by atoms with van der Waals surface area (Å²) in [5, 5.41) is 0. The quantitative estimate of drug-likeness (QED) is 0.152. The summed E-state index contributed by atoms with van der Waals surface area (Å²) in [4.78, 5) is 15.7. The third-order valence-corrected chi connectivity index (χ3v) is 14.9. The Morgan fingerprint density at radius 2 is 0.534 bits per heavy atom. The first kappa shape index (κ1) is 42.3. The molecule has 12 aromatic rings. The predicted molar refractivity (Wildman–Crippen MR) is 302 cm³/mol. The predicted octanol–water partition coefficient (Wildman–Crippen LogP) is 17.9. The van der Waals surface area contributed by atoms with Crippen LogP contribution in [-0.4, -0.2) is 9.97 Å². The maximum absolute atomic E-state index is 5.56. The largest absolute Gasteiger partial charge is 0.311 e. The molecule has 0 N–H and O–H groups in total. The molecule has 0 saturated heterocycles. The molecule has 1 spiro atoms. The van der Waals surface area contributed by atoms with Gasteiger partial charge in [-0.15, -0.1) is 0 Å². The average Bonchev–Trinajstić information content (AvgIpc) is 3.81. The lowest BCUT2D eigenvalue weighted by Gasteiger charge is -2.36. The van der Waals surface area contributed by atoms with E-state index in [4.69, 9.17) is 9.97 Å². The molecule has 0 amide bonds. The van der Waals surface area contributed by atoms with Gasteiger partial charge in [0.2, 0.25) is 0 Å². The topological polar surface area (TPSA) is 32.3 Å². The summed E-state index contributed by atoms with van der Waals surface area (Å²) in [6.07, 6.45) is 0. The molecule has 73 heavy (non-hydrogen) atoms. The van der Waals surface area contributed by atoms with E-state index < -0.39 is 5.41 Å². The van der Waals surface area contributed by atoms with Gasteiger partial charge in [0.1, 0.15) is 0 Å². The number of rotatable bonds is 8. The summed E-state index contributed by atoms with van der Waals surface area (Å²) in [5.41, 5.74) is 23.4. The maximum atomic E-state index is 5.56. The molecule has 2 aliphatic rings. The lowest BCUT2D eigenvalue weighted by Crippen LogP contribution is -2.29. The molecule has 0 saturated carbocycles. The number of para-hydroxylation sites is 6. The Kier molecular flexibility index (Phi) is 10.0. The van der Waals surface area contributed by atoms with Crippen LogP contribution in [0, 0.1) is 0 Å². The highest BCUT2D eigenvalue weighted by Crippen LogP contribution is 2.62. The van der Waals surface area contributed by atoms with Gasteiger partial charge in [-0.1, -0.05) is 182 Å². The van der Waals surface area contributed by atoms with Gasteiger partial charge in [-0.25, -0.2) is 9.97 Å². The van der Waals surface area contributed by atoms with Crippen molar-refractivity contribution < 1.29 is 0 Å². The van der Waals surface area contributed by atoms with Crippen molar-refractivity contribution in [3.05, 3.63) is 301 Å². The molecule has 1 aromatic heterocycles. The van der Waals surface area contributed by atoms with E-state index in [0.29, 0.717) is 0 Å². The fourth-order valence-electron chi connectivity index (χ4n) is 11.6. The van der Waals surface area contributed by atoms with Crippen molar-refractivity contribution in [2.45, 2.75) is 5.41 Å². The van der Waals surface area contributed by atoms with Gasteiger partial charge >= 0.3 is 0 Å². The highest BCUT2D eigenvalue weighted by Gasteiger charge is 2.50. The van der Waals surface area contributed by atoms with Crippen LogP contribution < -0.4 is 9.80 Å². The fourth-order valence-corrected chi connectivity index (χ4v) is 11.6. The van der Waals surface area contributed by atoms with E-state index in [1.165, 1.54) is 33.4 Å². The molecule has 4 nitrogen and oxygen atoms in total. The summed E-state index contributed by atoms with van der Waals surface area (Å²) in [7, 11) is 0. The zero-order valence-electron chi connectivity index (χ0n) is 39.8. The molecule has 14 rings (SSSR count). The van der Waals surface area contributed by atoms with Crippen LogP contribution in [0.15, 0.2) is 279 Å². The van der Waals surface area contributed by atoms with Crippen molar-refractivity contribution in [2.75, 3.05) is 9.80 Å². The summed E-state index contributed by atoms with van der Waals surface area (Å²) in [5.74, 6) is 0. The van der Waals surface area contributed by atoms with Crippen LogP contribution in [0.3, 0.4) is 0 Å². The van der Waals surface area contributed by atoms with Crippen LogP contribution in [0.5, 0.6) is 0 Å². The number of hydrogen-bond donors (Lipinski definition) is 0. The van der Waals surface area contributed by atoms with Crippen molar-refractivity contribution in [1.82, 2.24) is 9.97 Å². The van der Waals surface area contributed by atoms with Crippen molar-refractivity contribution in [1.29, 1.82) is 0 Å². The monoisotopic (exact) mass is 930 g/mol. The maximum Gasteiger partial charge on any atom is 0.0976 e. The normalized spacial score (nSPS) is 12.5. The van der Waals surface area contributed by atoms with Gasteiger partial charge in [0.05, 0.1) is 27.8 Å². The Labute approximate surface area is 425 Å². The van der Waals surface area contributed by atoms with Gasteiger partial charge in [-0.2, -0.15) is 0 Å². The molecular formula is C69H46N4. The van der Waals surface area contributed by atoms with Gasteiger partial charge < -0.3 is 9.80 Å². The summed E-state index contributed by atoms with van der Waals surface area (Å²) in [6, 6.07) is 101. The third-order valence-electron chi connectivity index (χ3n) is 14.9. The fraction of sp³-hybridized carbons (Fsp3) is 0.0145. The zero-order valence-corrected chi connectivity index (χ0v) is 39.8. The van der Waals surface area contributed by atoms with Gasteiger partial charge in [0, 0.05) is 45.3 Å². The smallest absolute Gasteiger partial charge is 0.0976 e. The van der Waals surface area contributed by atoms with Crippen LogP contribution in [0.2, 0.25) is 0 Å². The molecular weight excluding hydrogens is 885 g/mol. The van der Waals surface area contributed by atoms with Crippen LogP contribution in [-0.2, 0) is 5.41 Å². The molecule has 0 aliphatic heterocycles. The molecule has 1 heterocycles. The lowest BCUT2D eigenvalue weighted by atomic mass is 9.65. The second-order valence-corrected chi connectivity index (χ2v) is 18.9. The molecule has 0 fully saturated rings. The summed E-state index contributed by atoms with van der Waals surface area (Å²) in [6.45, 7) is 0. The van der Waals surface area contributed by atoms with E-state index in [9.17, 15) is 0 Å². The number of nitrogens with zero attached hydrogens (tertiary/aromatic N) is 4. The molecule has 0 atom stereocenters. The van der Waals surface area contributed by atoms with Crippen LogP contribution in [0.4, 0.5) is 34.1 Å². The minimum atomic E-state index is -0.743. The van der Waals surface area contributed by atoms with Crippen LogP contribution in [0.25, 0.3) is 66.9 Å². The molecule has 342 valence electrons. The highest BCUT2D eigenvalue weighted by molar-refractivity contribution is 5.99. The van der Waals surface area contributed by atoms with Crippen LogP contribution in [0.1, 0.15) is 22.3 Å². The van der Waals surface area contributed by atoms with E-state index >= 15 is 0 Å². The van der Waals surface area contributed by atoms with Crippen molar-refractivity contribution in [3.63, 3.8) is 0 Å². The van der Waals surface area contributed by atoms with E-state index in [1.54, 1.807) is 0 Å². The molecule has 0 bridgehead atoms. The van der Waals surface area contributed by atoms with Gasteiger partial charge in [0.25, 0.3) is 0 Å². The Hall–Kier alpha value is -9.64. The summed E-state index contributed by atoms with van der Waals surface area (Å²) >= 11 is 0. The van der Waals surface area contributed by atoms with Gasteiger partial charge in [0.15, 0.2) is 0 Å². The van der Waals surface area contributed by atoms with E-state index in [0.717, 1.165) is 89.9 Å². The van der Waals surface area contributed by atoms with Gasteiger partial charge in [-0.3, -0.25) is 0 Å². The second-order valence-electron chi connectivity index (χ2n) is 18.9. The Morgan fingerprint density at radius 1 is 0.233 bits per heavy atom.